The third kappa shape index (κ3) is 4.34. The number of pyridine rings is 1. The fourth-order valence-corrected chi connectivity index (χ4v) is 3.78. The van der Waals surface area contributed by atoms with Crippen molar-refractivity contribution in [3.8, 4) is 11.4 Å². The molecule has 11 nitrogen and oxygen atoms in total. The molecule has 0 radical (unpaired) electrons. The summed E-state index contributed by atoms with van der Waals surface area (Å²) in [7, 11) is 0. The highest BCUT2D eigenvalue weighted by Gasteiger charge is 2.21. The lowest BCUT2D eigenvalue weighted by molar-refractivity contribution is 0.000692. The van der Waals surface area contributed by atoms with Crippen molar-refractivity contribution in [2.45, 2.75) is 12.8 Å². The molecule has 0 bridgehead atoms. The van der Waals surface area contributed by atoms with Crippen LogP contribution in [0.2, 0.25) is 0 Å². The number of morpholine rings is 1. The molecule has 0 aliphatic carbocycles. The van der Waals surface area contributed by atoms with Crippen LogP contribution in [0.25, 0.3) is 22.6 Å². The van der Waals surface area contributed by atoms with Gasteiger partial charge >= 0.3 is 0 Å². The molecule has 1 saturated heterocycles. The van der Waals surface area contributed by atoms with E-state index in [1.165, 1.54) is 0 Å². The van der Waals surface area contributed by atoms with Crippen LogP contribution in [0.1, 0.15) is 17.4 Å². The Bertz CT molecular complexity index is 1240. The molecule has 33 heavy (non-hydrogen) atoms. The van der Waals surface area contributed by atoms with Gasteiger partial charge in [-0.3, -0.25) is 0 Å². The second-order valence-corrected chi connectivity index (χ2v) is 7.76. The highest BCUT2D eigenvalue weighted by molar-refractivity contribution is 5.86. The minimum Gasteiger partial charge on any atom is -0.384 e. The van der Waals surface area contributed by atoms with Gasteiger partial charge in [0.2, 0.25) is 0 Å². The summed E-state index contributed by atoms with van der Waals surface area (Å²) in [6, 6.07) is 10.9. The van der Waals surface area contributed by atoms with E-state index in [0.717, 1.165) is 35.6 Å². The molecule has 5 rings (SSSR count). The Labute approximate surface area is 189 Å². The van der Waals surface area contributed by atoms with Crippen LogP contribution < -0.4 is 16.1 Å². The van der Waals surface area contributed by atoms with Crippen LogP contribution in [0.15, 0.2) is 48.9 Å². The lowest BCUT2D eigenvalue weighted by Crippen LogP contribution is -2.37. The number of hydrogen-bond acceptors (Lipinski definition) is 10. The van der Waals surface area contributed by atoms with Gasteiger partial charge in [-0.05, 0) is 23.3 Å². The Morgan fingerprint density at radius 2 is 1.85 bits per heavy atom. The molecular formula is C22H24N8O3. The van der Waals surface area contributed by atoms with E-state index in [9.17, 15) is 5.11 Å². The standard InChI is InChI=1S/C22H24N8O3/c23-17-6-5-16(11-24-17)19-26-20(29-7-9-33-10-8-29)18-21(27-19)30(13-25-18)12-14-1-3-15(4-2-14)22(31)28-32/h1-6,11,13,22,28,31-32H,7-10,12H2,(H2,23,24). The number of imidazole rings is 1. The average molecular weight is 448 g/mol. The molecule has 3 aromatic heterocycles. The molecule has 0 spiro atoms. The summed E-state index contributed by atoms with van der Waals surface area (Å²) in [6.45, 7) is 3.23. The van der Waals surface area contributed by atoms with Gasteiger partial charge in [0, 0.05) is 24.8 Å². The van der Waals surface area contributed by atoms with Gasteiger partial charge in [0.05, 0.1) is 26.1 Å². The zero-order chi connectivity index (χ0) is 22.8. The Morgan fingerprint density at radius 1 is 1.06 bits per heavy atom. The quantitative estimate of drug-likeness (QED) is 0.251. The average Bonchev–Trinajstić information content (AvgIpc) is 3.27. The summed E-state index contributed by atoms with van der Waals surface area (Å²) >= 11 is 0. The van der Waals surface area contributed by atoms with Gasteiger partial charge in [-0.1, -0.05) is 24.3 Å². The van der Waals surface area contributed by atoms with E-state index in [4.69, 9.17) is 25.6 Å². The number of nitrogens with one attached hydrogen (secondary N) is 1. The molecule has 11 heteroatoms. The predicted octanol–water partition coefficient (Wildman–Crippen LogP) is 1.33. The molecule has 1 unspecified atom stereocenters. The number of anilines is 2. The van der Waals surface area contributed by atoms with Crippen LogP contribution in [-0.4, -0.2) is 61.1 Å². The molecule has 170 valence electrons. The monoisotopic (exact) mass is 448 g/mol. The third-order valence-electron chi connectivity index (χ3n) is 5.57. The zero-order valence-corrected chi connectivity index (χ0v) is 17.8. The van der Waals surface area contributed by atoms with Crippen molar-refractivity contribution in [3.63, 3.8) is 0 Å². The molecule has 1 aromatic carbocycles. The first-order chi connectivity index (χ1) is 16.1. The highest BCUT2D eigenvalue weighted by Crippen LogP contribution is 2.28. The Balaban J connectivity index is 1.55. The maximum absolute atomic E-state index is 9.71. The largest absolute Gasteiger partial charge is 0.384 e. The molecule has 0 amide bonds. The number of aliphatic hydroxyl groups is 1. The number of benzene rings is 1. The van der Waals surface area contributed by atoms with E-state index < -0.39 is 6.23 Å². The zero-order valence-electron chi connectivity index (χ0n) is 17.8. The topological polar surface area (TPSA) is 147 Å². The van der Waals surface area contributed by atoms with Crippen molar-refractivity contribution in [1.82, 2.24) is 30.0 Å². The Kier molecular flexibility index (Phi) is 5.84. The summed E-state index contributed by atoms with van der Waals surface area (Å²) in [4.78, 5) is 20.6. The number of nitrogens with two attached hydrogens (primary N) is 1. The van der Waals surface area contributed by atoms with E-state index in [-0.39, 0.29) is 0 Å². The van der Waals surface area contributed by atoms with Gasteiger partial charge in [-0.2, -0.15) is 5.48 Å². The number of aromatic nitrogens is 5. The minimum atomic E-state index is -1.13. The van der Waals surface area contributed by atoms with Crippen molar-refractivity contribution in [3.05, 3.63) is 60.0 Å². The van der Waals surface area contributed by atoms with Gasteiger partial charge in [-0.15, -0.1) is 0 Å². The predicted molar refractivity (Wildman–Crippen MR) is 121 cm³/mol. The number of fused-ring (bicyclic) bond motifs is 1. The van der Waals surface area contributed by atoms with Crippen LogP contribution in [0.5, 0.6) is 0 Å². The molecule has 1 fully saturated rings. The second-order valence-electron chi connectivity index (χ2n) is 7.76. The molecule has 1 atom stereocenters. The van der Waals surface area contributed by atoms with Gasteiger partial charge in [0.25, 0.3) is 0 Å². The molecule has 4 aromatic rings. The molecule has 1 aliphatic rings. The fraction of sp³-hybridized carbons (Fsp3) is 0.273. The second kappa shape index (κ2) is 9.08. The highest BCUT2D eigenvalue weighted by atomic mass is 16.5. The minimum absolute atomic E-state index is 0.434. The third-order valence-corrected chi connectivity index (χ3v) is 5.57. The first-order valence-corrected chi connectivity index (χ1v) is 10.6. The Hall–Kier alpha value is -3.64. The number of hydroxylamine groups is 1. The van der Waals surface area contributed by atoms with Crippen LogP contribution in [0, 0.1) is 0 Å². The summed E-state index contributed by atoms with van der Waals surface area (Å²) in [5.41, 5.74) is 11.3. The van der Waals surface area contributed by atoms with Gasteiger partial charge in [0.15, 0.2) is 29.0 Å². The van der Waals surface area contributed by atoms with Gasteiger partial charge < -0.3 is 30.3 Å². The smallest absolute Gasteiger partial charge is 0.166 e. The molecular weight excluding hydrogens is 424 g/mol. The number of nitrogen functional groups attached to an aromatic ring is 1. The maximum atomic E-state index is 9.71. The van der Waals surface area contributed by atoms with Gasteiger partial charge in [-0.25, -0.2) is 19.9 Å². The van der Waals surface area contributed by atoms with Crippen molar-refractivity contribution < 1.29 is 15.1 Å². The number of nitrogens with zero attached hydrogens (tertiary/aromatic N) is 6. The first-order valence-electron chi connectivity index (χ1n) is 10.6. The lowest BCUT2D eigenvalue weighted by atomic mass is 10.1. The van der Waals surface area contributed by atoms with Crippen LogP contribution in [0.4, 0.5) is 11.6 Å². The van der Waals surface area contributed by atoms with Crippen molar-refractivity contribution in [1.29, 1.82) is 0 Å². The summed E-state index contributed by atoms with van der Waals surface area (Å²) in [5, 5.41) is 18.6. The lowest BCUT2D eigenvalue weighted by Gasteiger charge is -2.28. The van der Waals surface area contributed by atoms with Crippen molar-refractivity contribution in [2.24, 2.45) is 0 Å². The summed E-state index contributed by atoms with van der Waals surface area (Å²) in [5.74, 6) is 1.75. The van der Waals surface area contributed by atoms with E-state index >= 15 is 0 Å². The van der Waals surface area contributed by atoms with Crippen molar-refractivity contribution in [2.75, 3.05) is 36.9 Å². The summed E-state index contributed by atoms with van der Waals surface area (Å²) in [6.07, 6.45) is 2.29. The molecule has 5 N–H and O–H groups in total. The molecule has 1 aliphatic heterocycles. The maximum Gasteiger partial charge on any atom is 0.166 e. The molecule has 4 heterocycles. The fourth-order valence-electron chi connectivity index (χ4n) is 3.78. The van der Waals surface area contributed by atoms with Crippen LogP contribution >= 0.6 is 0 Å². The first kappa shape index (κ1) is 21.2. The van der Waals surface area contributed by atoms with Crippen LogP contribution in [-0.2, 0) is 11.3 Å². The SMILES string of the molecule is Nc1ccc(-c2nc(N3CCOCC3)c3ncn(Cc4ccc(C(O)NO)cc4)c3n2)cn1. The normalized spacial score (nSPS) is 15.2. The number of aliphatic hydroxyl groups excluding tert-OH is 1. The molecule has 0 saturated carbocycles. The van der Waals surface area contributed by atoms with Gasteiger partial charge in [0.1, 0.15) is 5.82 Å². The van der Waals surface area contributed by atoms with Crippen molar-refractivity contribution >= 4 is 22.8 Å². The Morgan fingerprint density at radius 3 is 2.55 bits per heavy atom. The summed E-state index contributed by atoms with van der Waals surface area (Å²) < 4.78 is 7.47. The van der Waals surface area contributed by atoms with E-state index in [0.29, 0.717) is 42.6 Å². The van der Waals surface area contributed by atoms with E-state index in [1.54, 1.807) is 30.7 Å². The number of ether oxygens (including phenoxy) is 1. The van der Waals surface area contributed by atoms with E-state index in [1.807, 2.05) is 28.2 Å². The van der Waals surface area contributed by atoms with E-state index in [2.05, 4.69) is 14.9 Å². The number of rotatable bonds is 6. The number of hydrogen-bond donors (Lipinski definition) is 4. The van der Waals surface area contributed by atoms with Crippen LogP contribution in [0.3, 0.4) is 0 Å².